The molecule has 0 N–H and O–H groups in total. The first-order chi connectivity index (χ1) is 25.3. The fourth-order valence-electron chi connectivity index (χ4n) is 7.67. The summed E-state index contributed by atoms with van der Waals surface area (Å²) in [6.07, 6.45) is 0. The molecule has 0 aliphatic carbocycles. The third kappa shape index (κ3) is 4.90. The molecule has 51 heavy (non-hydrogen) atoms. The number of benzene rings is 8. The topological polar surface area (TPSA) is 21.3 Å². The summed E-state index contributed by atoms with van der Waals surface area (Å²) in [6.45, 7) is 0. The van der Waals surface area contributed by atoms with Crippen LogP contribution in [0, 0.1) is 0 Å². The van der Waals surface area contributed by atoms with Crippen molar-refractivity contribution in [2.24, 2.45) is 0 Å². The first kappa shape index (κ1) is 29.1. The van der Waals surface area contributed by atoms with Crippen LogP contribution in [0.5, 0.6) is 0 Å². The van der Waals surface area contributed by atoms with E-state index in [9.17, 15) is 0 Å². The summed E-state index contributed by atoms with van der Waals surface area (Å²) in [7, 11) is 0. The number of hydrogen-bond donors (Lipinski definition) is 0. The van der Waals surface area contributed by atoms with Gasteiger partial charge in [0, 0.05) is 50.4 Å². The van der Waals surface area contributed by atoms with E-state index in [0.29, 0.717) is 0 Å². The largest absolute Gasteiger partial charge is 0.456 e. The van der Waals surface area contributed by atoms with Gasteiger partial charge in [0.1, 0.15) is 11.2 Å². The van der Waals surface area contributed by atoms with Gasteiger partial charge in [-0.1, -0.05) is 121 Å². The Morgan fingerprint density at radius 1 is 0.373 bits per heavy atom. The number of furan rings is 1. The van der Waals surface area contributed by atoms with Crippen molar-refractivity contribution < 1.29 is 4.42 Å². The van der Waals surface area contributed by atoms with Crippen LogP contribution in [0.1, 0.15) is 0 Å². The van der Waals surface area contributed by atoms with Gasteiger partial charge in [0.15, 0.2) is 0 Å². The standard InChI is InChI=1S/C48H32N2O/c1-4-14-33(15-5-1)35-18-12-21-37(30-35)49(39-26-28-42-41-22-10-11-25-46(41)51-47(42)32-39)38-27-29-44-43(31-38)48-40(34-16-6-2-7-17-34)23-13-24-45(48)50(44)36-19-8-3-9-20-36/h1-32H. The van der Waals surface area contributed by atoms with E-state index in [1.165, 1.54) is 33.0 Å². The average Bonchev–Trinajstić information content (AvgIpc) is 3.74. The monoisotopic (exact) mass is 652 g/mol. The van der Waals surface area contributed by atoms with Gasteiger partial charge in [-0.05, 0) is 89.0 Å². The summed E-state index contributed by atoms with van der Waals surface area (Å²) in [5.74, 6) is 0. The van der Waals surface area contributed by atoms with Crippen molar-refractivity contribution in [2.75, 3.05) is 4.90 Å². The van der Waals surface area contributed by atoms with Gasteiger partial charge < -0.3 is 13.9 Å². The molecule has 0 saturated carbocycles. The molecule has 0 bridgehead atoms. The van der Waals surface area contributed by atoms with Crippen LogP contribution < -0.4 is 4.90 Å². The Balaban J connectivity index is 1.25. The predicted molar refractivity (Wildman–Crippen MR) is 214 cm³/mol. The van der Waals surface area contributed by atoms with Crippen LogP contribution in [0.25, 0.3) is 71.7 Å². The van der Waals surface area contributed by atoms with Crippen LogP contribution in [0.2, 0.25) is 0 Å². The molecule has 10 aromatic rings. The van der Waals surface area contributed by atoms with Crippen molar-refractivity contribution in [3.63, 3.8) is 0 Å². The van der Waals surface area contributed by atoms with Gasteiger partial charge in [0.25, 0.3) is 0 Å². The van der Waals surface area contributed by atoms with Gasteiger partial charge in [0.2, 0.25) is 0 Å². The molecule has 3 heteroatoms. The maximum atomic E-state index is 6.42. The van der Waals surface area contributed by atoms with Gasteiger partial charge in [-0.15, -0.1) is 0 Å². The molecule has 0 fully saturated rings. The van der Waals surface area contributed by atoms with Crippen LogP contribution in [0.3, 0.4) is 0 Å². The number of aromatic nitrogens is 1. The summed E-state index contributed by atoms with van der Waals surface area (Å²) in [6, 6.07) is 69.2. The van der Waals surface area contributed by atoms with Gasteiger partial charge in [-0.25, -0.2) is 0 Å². The van der Waals surface area contributed by atoms with Crippen LogP contribution in [0.4, 0.5) is 17.1 Å². The predicted octanol–water partition coefficient (Wildman–Crippen LogP) is 13.5. The molecule has 0 aliphatic heterocycles. The lowest BCUT2D eigenvalue weighted by atomic mass is 9.99. The smallest absolute Gasteiger partial charge is 0.137 e. The van der Waals surface area contributed by atoms with Crippen molar-refractivity contribution in [1.82, 2.24) is 4.57 Å². The van der Waals surface area contributed by atoms with Gasteiger partial charge in [-0.3, -0.25) is 0 Å². The lowest BCUT2D eigenvalue weighted by Crippen LogP contribution is -2.10. The quantitative estimate of drug-likeness (QED) is 0.178. The lowest BCUT2D eigenvalue weighted by Gasteiger charge is -2.26. The van der Waals surface area contributed by atoms with Gasteiger partial charge >= 0.3 is 0 Å². The number of nitrogens with zero attached hydrogens (tertiary/aromatic N) is 2. The maximum absolute atomic E-state index is 6.42. The Bertz CT molecular complexity index is 2850. The molecular formula is C48H32N2O. The fourth-order valence-corrected chi connectivity index (χ4v) is 7.67. The fraction of sp³-hybridized carbons (Fsp3) is 0. The summed E-state index contributed by atoms with van der Waals surface area (Å²) in [4.78, 5) is 2.36. The number of fused-ring (bicyclic) bond motifs is 6. The van der Waals surface area contributed by atoms with Crippen LogP contribution >= 0.6 is 0 Å². The van der Waals surface area contributed by atoms with Gasteiger partial charge in [0.05, 0.1) is 11.0 Å². The van der Waals surface area contributed by atoms with E-state index >= 15 is 0 Å². The summed E-state index contributed by atoms with van der Waals surface area (Å²) >= 11 is 0. The normalized spacial score (nSPS) is 11.5. The maximum Gasteiger partial charge on any atom is 0.137 e. The molecule has 240 valence electrons. The summed E-state index contributed by atoms with van der Waals surface area (Å²) in [5, 5.41) is 4.66. The Labute approximate surface area is 295 Å². The molecule has 3 nitrogen and oxygen atoms in total. The average molecular weight is 653 g/mol. The zero-order valence-corrected chi connectivity index (χ0v) is 27.8. The molecule has 0 unspecified atom stereocenters. The molecule has 0 aliphatic rings. The van der Waals surface area contributed by atoms with E-state index in [1.54, 1.807) is 0 Å². The number of para-hydroxylation sites is 2. The Morgan fingerprint density at radius 3 is 1.82 bits per heavy atom. The first-order valence-corrected chi connectivity index (χ1v) is 17.4. The highest BCUT2D eigenvalue weighted by Gasteiger charge is 2.21. The minimum atomic E-state index is 0.867. The second-order valence-corrected chi connectivity index (χ2v) is 13.0. The van der Waals surface area contributed by atoms with Crippen molar-refractivity contribution >= 4 is 60.8 Å². The molecule has 0 radical (unpaired) electrons. The van der Waals surface area contributed by atoms with Gasteiger partial charge in [-0.2, -0.15) is 0 Å². The third-order valence-corrected chi connectivity index (χ3v) is 9.96. The van der Waals surface area contributed by atoms with Crippen LogP contribution in [-0.2, 0) is 0 Å². The Morgan fingerprint density at radius 2 is 1.00 bits per heavy atom. The second-order valence-electron chi connectivity index (χ2n) is 13.0. The second kappa shape index (κ2) is 11.9. The zero-order chi connectivity index (χ0) is 33.7. The molecule has 0 saturated heterocycles. The highest BCUT2D eigenvalue weighted by atomic mass is 16.3. The minimum Gasteiger partial charge on any atom is -0.456 e. The van der Waals surface area contributed by atoms with E-state index in [0.717, 1.165) is 55.8 Å². The number of rotatable bonds is 6. The van der Waals surface area contributed by atoms with Crippen molar-refractivity contribution in [3.05, 3.63) is 194 Å². The Hall–Kier alpha value is -6.84. The highest BCUT2D eigenvalue weighted by molar-refractivity contribution is 6.17. The highest BCUT2D eigenvalue weighted by Crippen LogP contribution is 2.44. The zero-order valence-electron chi connectivity index (χ0n) is 27.8. The number of anilines is 3. The summed E-state index contributed by atoms with van der Waals surface area (Å²) in [5.41, 5.74) is 13.2. The van der Waals surface area contributed by atoms with Crippen LogP contribution in [-0.4, -0.2) is 4.57 Å². The molecular weight excluding hydrogens is 621 g/mol. The molecule has 0 atom stereocenters. The van der Waals surface area contributed by atoms with E-state index in [4.69, 9.17) is 4.42 Å². The summed E-state index contributed by atoms with van der Waals surface area (Å²) < 4.78 is 8.81. The minimum absolute atomic E-state index is 0.867. The molecule has 2 heterocycles. The molecule has 0 amide bonds. The van der Waals surface area contributed by atoms with E-state index < -0.39 is 0 Å². The molecule has 2 aromatic heterocycles. The Kier molecular flexibility index (Phi) is 6.81. The van der Waals surface area contributed by atoms with E-state index in [-0.39, 0.29) is 0 Å². The third-order valence-electron chi connectivity index (χ3n) is 9.96. The van der Waals surface area contributed by atoms with Crippen molar-refractivity contribution in [1.29, 1.82) is 0 Å². The van der Waals surface area contributed by atoms with Crippen LogP contribution in [0.15, 0.2) is 199 Å². The first-order valence-electron chi connectivity index (χ1n) is 17.4. The SMILES string of the molecule is c1ccc(-c2cccc(N(c3ccc4c(c3)oc3ccccc34)c3ccc4c(c3)c3c(-c5ccccc5)cccc3n4-c3ccccc3)c2)cc1. The van der Waals surface area contributed by atoms with E-state index in [2.05, 4.69) is 191 Å². The van der Waals surface area contributed by atoms with E-state index in [1.807, 2.05) is 12.1 Å². The molecule has 10 rings (SSSR count). The molecule has 8 aromatic carbocycles. The van der Waals surface area contributed by atoms with Crippen molar-refractivity contribution in [3.8, 4) is 27.9 Å². The number of hydrogen-bond acceptors (Lipinski definition) is 2. The lowest BCUT2D eigenvalue weighted by molar-refractivity contribution is 0.669. The van der Waals surface area contributed by atoms with Crippen molar-refractivity contribution in [2.45, 2.75) is 0 Å². The molecule has 0 spiro atoms.